The van der Waals surface area contributed by atoms with Crippen LogP contribution in [0.25, 0.3) is 0 Å². The molecule has 1 rings (SSSR count). The lowest BCUT2D eigenvalue weighted by atomic mass is 10.2. The standard InChI is InChI=1S/C8H9NO3/c1-12-5-7-4-6(8(10)11)2-3-9-7/h2-4H,5H2,1H3,(H,10,11). The van der Waals surface area contributed by atoms with E-state index >= 15 is 0 Å². The quantitative estimate of drug-likeness (QED) is 0.727. The van der Waals surface area contributed by atoms with Crippen LogP contribution in [0.3, 0.4) is 0 Å². The van der Waals surface area contributed by atoms with Crippen LogP contribution in [0.15, 0.2) is 18.3 Å². The number of carboxylic acids is 1. The van der Waals surface area contributed by atoms with Crippen LogP contribution in [-0.2, 0) is 11.3 Å². The Morgan fingerprint density at radius 2 is 2.50 bits per heavy atom. The van der Waals surface area contributed by atoms with Crippen LogP contribution in [0.4, 0.5) is 0 Å². The molecule has 64 valence electrons. The summed E-state index contributed by atoms with van der Waals surface area (Å²) < 4.78 is 4.81. The number of rotatable bonds is 3. The van der Waals surface area contributed by atoms with Crippen molar-refractivity contribution in [1.82, 2.24) is 4.98 Å². The zero-order chi connectivity index (χ0) is 8.97. The molecule has 0 bridgehead atoms. The van der Waals surface area contributed by atoms with E-state index in [0.29, 0.717) is 12.3 Å². The number of carboxylic acid groups (broad SMARTS) is 1. The van der Waals surface area contributed by atoms with E-state index in [9.17, 15) is 4.79 Å². The number of hydrogen-bond donors (Lipinski definition) is 1. The number of aromatic carboxylic acids is 1. The Bertz CT molecular complexity index is 285. The van der Waals surface area contributed by atoms with Crippen LogP contribution in [-0.4, -0.2) is 23.2 Å². The highest BCUT2D eigenvalue weighted by Gasteiger charge is 2.02. The molecule has 0 amide bonds. The summed E-state index contributed by atoms with van der Waals surface area (Å²) in [6, 6.07) is 2.94. The van der Waals surface area contributed by atoms with Gasteiger partial charge in [0.2, 0.25) is 0 Å². The Labute approximate surface area is 69.8 Å². The van der Waals surface area contributed by atoms with E-state index in [-0.39, 0.29) is 5.56 Å². The highest BCUT2D eigenvalue weighted by Crippen LogP contribution is 2.02. The van der Waals surface area contributed by atoms with Gasteiger partial charge in [0.25, 0.3) is 0 Å². The van der Waals surface area contributed by atoms with E-state index in [2.05, 4.69) is 4.98 Å². The molecule has 0 spiro atoms. The molecular formula is C8H9NO3. The predicted molar refractivity (Wildman–Crippen MR) is 41.9 cm³/mol. The minimum atomic E-state index is -0.949. The maximum Gasteiger partial charge on any atom is 0.335 e. The number of ether oxygens (including phenoxy) is 1. The van der Waals surface area contributed by atoms with Gasteiger partial charge < -0.3 is 9.84 Å². The van der Waals surface area contributed by atoms with Crippen molar-refractivity contribution < 1.29 is 14.6 Å². The lowest BCUT2D eigenvalue weighted by Gasteiger charge is -1.98. The van der Waals surface area contributed by atoms with Gasteiger partial charge in [-0.1, -0.05) is 0 Å². The average molecular weight is 167 g/mol. The molecule has 0 saturated heterocycles. The zero-order valence-electron chi connectivity index (χ0n) is 6.65. The fourth-order valence-corrected chi connectivity index (χ4v) is 0.838. The molecule has 0 aromatic carbocycles. The molecule has 0 saturated carbocycles. The van der Waals surface area contributed by atoms with Crippen LogP contribution in [0, 0.1) is 0 Å². The van der Waals surface area contributed by atoms with Gasteiger partial charge in [0.1, 0.15) is 0 Å². The number of nitrogens with zero attached hydrogens (tertiary/aromatic N) is 1. The highest BCUT2D eigenvalue weighted by molar-refractivity contribution is 5.87. The molecule has 0 aliphatic carbocycles. The molecule has 4 heteroatoms. The summed E-state index contributed by atoms with van der Waals surface area (Å²) in [5.41, 5.74) is 0.856. The van der Waals surface area contributed by atoms with Gasteiger partial charge in [0.15, 0.2) is 0 Å². The molecule has 1 N–H and O–H groups in total. The molecule has 0 atom stereocenters. The summed E-state index contributed by atoms with van der Waals surface area (Å²) in [4.78, 5) is 14.4. The minimum absolute atomic E-state index is 0.233. The molecule has 1 aromatic rings. The second-order valence-electron chi connectivity index (χ2n) is 2.27. The van der Waals surface area contributed by atoms with E-state index in [1.54, 1.807) is 0 Å². The van der Waals surface area contributed by atoms with Gasteiger partial charge >= 0.3 is 5.97 Å². The van der Waals surface area contributed by atoms with Crippen LogP contribution in [0.2, 0.25) is 0 Å². The third-order valence-corrected chi connectivity index (χ3v) is 1.36. The number of pyridine rings is 1. The number of hydrogen-bond acceptors (Lipinski definition) is 3. The normalized spacial score (nSPS) is 9.75. The molecule has 0 radical (unpaired) electrons. The number of aromatic nitrogens is 1. The van der Waals surface area contributed by atoms with Crippen molar-refractivity contribution in [3.63, 3.8) is 0 Å². The largest absolute Gasteiger partial charge is 0.478 e. The molecule has 4 nitrogen and oxygen atoms in total. The summed E-state index contributed by atoms with van der Waals surface area (Å²) in [6.45, 7) is 0.334. The third-order valence-electron chi connectivity index (χ3n) is 1.36. The number of carbonyl (C=O) groups is 1. The maximum atomic E-state index is 10.5. The van der Waals surface area contributed by atoms with Crippen LogP contribution in [0.5, 0.6) is 0 Å². The van der Waals surface area contributed by atoms with E-state index in [4.69, 9.17) is 9.84 Å². The van der Waals surface area contributed by atoms with Crippen molar-refractivity contribution in [3.05, 3.63) is 29.6 Å². The monoisotopic (exact) mass is 167 g/mol. The fourth-order valence-electron chi connectivity index (χ4n) is 0.838. The lowest BCUT2D eigenvalue weighted by Crippen LogP contribution is -1.99. The first-order valence-electron chi connectivity index (χ1n) is 3.41. The second-order valence-corrected chi connectivity index (χ2v) is 2.27. The van der Waals surface area contributed by atoms with Crippen LogP contribution in [0.1, 0.15) is 16.1 Å². The third kappa shape index (κ3) is 2.03. The van der Waals surface area contributed by atoms with Gasteiger partial charge in [0, 0.05) is 13.3 Å². The molecule has 0 unspecified atom stereocenters. The Kier molecular flexibility index (Phi) is 2.76. The van der Waals surface area contributed by atoms with Crippen LogP contribution >= 0.6 is 0 Å². The molecule has 1 heterocycles. The number of methoxy groups -OCH3 is 1. The summed E-state index contributed by atoms with van der Waals surface area (Å²) in [5, 5.41) is 8.61. The first-order valence-corrected chi connectivity index (χ1v) is 3.41. The van der Waals surface area contributed by atoms with Gasteiger partial charge in [-0.3, -0.25) is 4.98 Å². The zero-order valence-corrected chi connectivity index (χ0v) is 6.65. The van der Waals surface area contributed by atoms with Crippen molar-refractivity contribution >= 4 is 5.97 Å². The second kappa shape index (κ2) is 3.82. The Morgan fingerprint density at radius 1 is 1.75 bits per heavy atom. The first kappa shape index (κ1) is 8.67. The summed E-state index contributed by atoms with van der Waals surface area (Å²) >= 11 is 0. The van der Waals surface area contributed by atoms with Gasteiger partial charge in [-0.05, 0) is 12.1 Å². The average Bonchev–Trinajstić information content (AvgIpc) is 2.05. The van der Waals surface area contributed by atoms with E-state index in [1.165, 1.54) is 25.4 Å². The predicted octanol–water partition coefficient (Wildman–Crippen LogP) is 0.926. The summed E-state index contributed by atoms with van der Waals surface area (Å²) in [5.74, 6) is -0.949. The van der Waals surface area contributed by atoms with Gasteiger partial charge in [-0.15, -0.1) is 0 Å². The van der Waals surface area contributed by atoms with Gasteiger partial charge in [-0.2, -0.15) is 0 Å². The van der Waals surface area contributed by atoms with Crippen molar-refractivity contribution in [1.29, 1.82) is 0 Å². The molecular weight excluding hydrogens is 158 g/mol. The van der Waals surface area contributed by atoms with Gasteiger partial charge in [0.05, 0.1) is 17.9 Å². The van der Waals surface area contributed by atoms with E-state index < -0.39 is 5.97 Å². The molecule has 12 heavy (non-hydrogen) atoms. The SMILES string of the molecule is COCc1cc(C(=O)O)ccn1. The molecule has 0 aliphatic rings. The Morgan fingerprint density at radius 3 is 3.08 bits per heavy atom. The Hall–Kier alpha value is -1.42. The van der Waals surface area contributed by atoms with Crippen molar-refractivity contribution in [2.75, 3.05) is 7.11 Å². The van der Waals surface area contributed by atoms with Gasteiger partial charge in [-0.25, -0.2) is 4.79 Å². The maximum absolute atomic E-state index is 10.5. The van der Waals surface area contributed by atoms with Crippen LogP contribution < -0.4 is 0 Å². The fraction of sp³-hybridized carbons (Fsp3) is 0.250. The first-order chi connectivity index (χ1) is 5.74. The smallest absolute Gasteiger partial charge is 0.335 e. The molecule has 0 aliphatic heterocycles. The Balaban J connectivity index is 2.88. The summed E-state index contributed by atoms with van der Waals surface area (Å²) in [6.07, 6.45) is 1.46. The molecule has 0 fully saturated rings. The molecule has 1 aromatic heterocycles. The van der Waals surface area contributed by atoms with E-state index in [1.807, 2.05) is 0 Å². The van der Waals surface area contributed by atoms with Crippen molar-refractivity contribution in [2.45, 2.75) is 6.61 Å². The lowest BCUT2D eigenvalue weighted by molar-refractivity contribution is 0.0696. The van der Waals surface area contributed by atoms with E-state index in [0.717, 1.165) is 0 Å². The highest BCUT2D eigenvalue weighted by atomic mass is 16.5. The van der Waals surface area contributed by atoms with Crippen molar-refractivity contribution in [3.8, 4) is 0 Å². The minimum Gasteiger partial charge on any atom is -0.478 e. The topological polar surface area (TPSA) is 59.4 Å². The van der Waals surface area contributed by atoms with Crippen molar-refractivity contribution in [2.24, 2.45) is 0 Å². The summed E-state index contributed by atoms with van der Waals surface area (Å²) in [7, 11) is 1.54.